The lowest BCUT2D eigenvalue weighted by Crippen LogP contribution is -2.20. The van der Waals surface area contributed by atoms with Crippen LogP contribution in [0.15, 0.2) is 28.8 Å². The minimum atomic E-state index is -0.366. The van der Waals surface area contributed by atoms with Crippen molar-refractivity contribution in [1.29, 1.82) is 0 Å². The van der Waals surface area contributed by atoms with Crippen LogP contribution in [-0.4, -0.2) is 30.5 Å². The van der Waals surface area contributed by atoms with Crippen LogP contribution in [0.5, 0.6) is 5.75 Å². The van der Waals surface area contributed by atoms with Crippen molar-refractivity contribution in [3.05, 3.63) is 41.5 Å². The number of para-hydroxylation sites is 1. The van der Waals surface area contributed by atoms with Gasteiger partial charge >= 0.3 is 0 Å². The molecule has 1 aromatic carbocycles. The summed E-state index contributed by atoms with van der Waals surface area (Å²) in [5, 5.41) is 3.92. The van der Waals surface area contributed by atoms with Gasteiger partial charge in [-0.15, -0.1) is 0 Å². The Morgan fingerprint density at radius 2 is 2.30 bits per heavy atom. The molecule has 2 N–H and O–H groups in total. The molecule has 6 heteroatoms. The molecular formula is C14H17N3O3. The minimum Gasteiger partial charge on any atom is -0.492 e. The van der Waals surface area contributed by atoms with E-state index in [0.717, 1.165) is 17.7 Å². The average molecular weight is 275 g/mol. The number of hydrogen-bond acceptors (Lipinski definition) is 6. The van der Waals surface area contributed by atoms with Crippen LogP contribution < -0.4 is 10.5 Å². The predicted octanol–water partition coefficient (Wildman–Crippen LogP) is 1.43. The van der Waals surface area contributed by atoms with Crippen LogP contribution in [-0.2, 0) is 11.2 Å². The molecule has 0 fully saturated rings. The summed E-state index contributed by atoms with van der Waals surface area (Å²) in [6.07, 6.45) is 0.831. The van der Waals surface area contributed by atoms with Crippen LogP contribution in [0.1, 0.15) is 29.2 Å². The number of hydrogen-bond donors (Lipinski definition) is 1. The molecule has 1 aliphatic heterocycles. The molecule has 1 aliphatic rings. The molecule has 0 spiro atoms. The van der Waals surface area contributed by atoms with Crippen LogP contribution >= 0.6 is 0 Å². The quantitative estimate of drug-likeness (QED) is 0.909. The number of rotatable bonds is 4. The minimum absolute atomic E-state index is 0.0703. The van der Waals surface area contributed by atoms with E-state index in [1.165, 1.54) is 0 Å². The van der Waals surface area contributed by atoms with Gasteiger partial charge in [-0.1, -0.05) is 23.4 Å². The van der Waals surface area contributed by atoms with E-state index in [-0.39, 0.29) is 12.0 Å². The molecule has 0 bridgehead atoms. The normalized spacial score (nSPS) is 19.2. The first-order valence-electron chi connectivity index (χ1n) is 6.56. The van der Waals surface area contributed by atoms with Gasteiger partial charge < -0.3 is 19.7 Å². The number of aromatic nitrogens is 2. The molecule has 20 heavy (non-hydrogen) atoms. The van der Waals surface area contributed by atoms with Gasteiger partial charge in [0.05, 0.1) is 18.6 Å². The van der Waals surface area contributed by atoms with Gasteiger partial charge in [-0.3, -0.25) is 0 Å². The van der Waals surface area contributed by atoms with Crippen molar-refractivity contribution in [2.75, 3.05) is 20.3 Å². The molecule has 2 atom stereocenters. The molecule has 2 aromatic rings. The Morgan fingerprint density at radius 1 is 1.45 bits per heavy atom. The van der Waals surface area contributed by atoms with Crippen LogP contribution in [0.3, 0.4) is 0 Å². The Balaban J connectivity index is 1.75. The number of fused-ring (bicyclic) bond motifs is 1. The zero-order chi connectivity index (χ0) is 13.9. The van der Waals surface area contributed by atoms with E-state index in [9.17, 15) is 0 Å². The van der Waals surface area contributed by atoms with Crippen LogP contribution in [0.4, 0.5) is 0 Å². The van der Waals surface area contributed by atoms with Crippen LogP contribution in [0.2, 0.25) is 0 Å². The van der Waals surface area contributed by atoms with Crippen molar-refractivity contribution < 1.29 is 14.0 Å². The third kappa shape index (κ3) is 2.52. The van der Waals surface area contributed by atoms with Gasteiger partial charge in [0.1, 0.15) is 12.4 Å². The second kappa shape index (κ2) is 5.60. The molecule has 0 amide bonds. The fourth-order valence-electron chi connectivity index (χ4n) is 2.30. The van der Waals surface area contributed by atoms with Crippen molar-refractivity contribution in [3.63, 3.8) is 0 Å². The van der Waals surface area contributed by atoms with Gasteiger partial charge in [0.15, 0.2) is 5.82 Å². The lowest BCUT2D eigenvalue weighted by molar-refractivity contribution is 0.176. The van der Waals surface area contributed by atoms with Crippen molar-refractivity contribution in [1.82, 2.24) is 10.1 Å². The first-order chi connectivity index (χ1) is 9.78. The molecule has 3 rings (SSSR count). The molecule has 0 aliphatic carbocycles. The molecule has 6 nitrogen and oxygen atoms in total. The summed E-state index contributed by atoms with van der Waals surface area (Å²) < 4.78 is 16.0. The molecule has 2 heterocycles. The highest BCUT2D eigenvalue weighted by atomic mass is 16.5. The van der Waals surface area contributed by atoms with E-state index < -0.39 is 0 Å². The SMILES string of the molecule is COCC(N)c1noc(C2COc3ccccc3C2)n1. The molecule has 1 aromatic heterocycles. The zero-order valence-corrected chi connectivity index (χ0v) is 11.3. The van der Waals surface area contributed by atoms with Gasteiger partial charge in [0.2, 0.25) is 5.89 Å². The average Bonchev–Trinajstić information content (AvgIpc) is 2.97. The summed E-state index contributed by atoms with van der Waals surface area (Å²) >= 11 is 0. The Hall–Kier alpha value is -1.92. The second-order valence-electron chi connectivity index (χ2n) is 4.87. The fourth-order valence-corrected chi connectivity index (χ4v) is 2.30. The van der Waals surface area contributed by atoms with E-state index >= 15 is 0 Å². The highest BCUT2D eigenvalue weighted by molar-refractivity contribution is 5.36. The standard InChI is InChI=1S/C14H17N3O3/c1-18-8-11(15)13-16-14(20-17-13)10-6-9-4-2-3-5-12(9)19-7-10/h2-5,10-11H,6-8,15H2,1H3. The fraction of sp³-hybridized carbons (Fsp3) is 0.429. The third-order valence-corrected chi connectivity index (χ3v) is 3.36. The van der Waals surface area contributed by atoms with Crippen molar-refractivity contribution >= 4 is 0 Å². The summed E-state index contributed by atoms with van der Waals surface area (Å²) in [7, 11) is 1.59. The van der Waals surface area contributed by atoms with Gasteiger partial charge in [0.25, 0.3) is 0 Å². The molecule has 0 radical (unpaired) electrons. The molecular weight excluding hydrogens is 258 g/mol. The van der Waals surface area contributed by atoms with Gasteiger partial charge in [0, 0.05) is 7.11 Å². The Morgan fingerprint density at radius 3 is 3.15 bits per heavy atom. The van der Waals surface area contributed by atoms with E-state index in [0.29, 0.717) is 24.9 Å². The maximum atomic E-state index is 5.88. The monoisotopic (exact) mass is 275 g/mol. The lowest BCUT2D eigenvalue weighted by Gasteiger charge is -2.22. The second-order valence-corrected chi connectivity index (χ2v) is 4.87. The Kier molecular flexibility index (Phi) is 3.66. The van der Waals surface area contributed by atoms with Crippen molar-refractivity contribution in [2.24, 2.45) is 5.73 Å². The Bertz CT molecular complexity index is 585. The summed E-state index contributed by atoms with van der Waals surface area (Å²) in [6, 6.07) is 7.62. The van der Waals surface area contributed by atoms with E-state index in [1.54, 1.807) is 7.11 Å². The highest BCUT2D eigenvalue weighted by Crippen LogP contribution is 2.31. The number of methoxy groups -OCH3 is 1. The smallest absolute Gasteiger partial charge is 0.233 e. The van der Waals surface area contributed by atoms with E-state index in [1.807, 2.05) is 18.2 Å². The molecule has 0 saturated heterocycles. The van der Waals surface area contributed by atoms with Crippen molar-refractivity contribution in [2.45, 2.75) is 18.4 Å². The predicted molar refractivity (Wildman–Crippen MR) is 71.5 cm³/mol. The summed E-state index contributed by atoms with van der Waals surface area (Å²) in [5.74, 6) is 2.04. The first-order valence-corrected chi connectivity index (χ1v) is 6.56. The topological polar surface area (TPSA) is 83.4 Å². The molecule has 0 saturated carbocycles. The summed E-state index contributed by atoms with van der Waals surface area (Å²) in [6.45, 7) is 0.904. The maximum Gasteiger partial charge on any atom is 0.233 e. The van der Waals surface area contributed by atoms with E-state index in [4.69, 9.17) is 19.7 Å². The van der Waals surface area contributed by atoms with Crippen LogP contribution in [0, 0.1) is 0 Å². The Labute approximate surface area is 116 Å². The van der Waals surface area contributed by atoms with Crippen molar-refractivity contribution in [3.8, 4) is 5.75 Å². The van der Waals surface area contributed by atoms with Crippen LogP contribution in [0.25, 0.3) is 0 Å². The zero-order valence-electron chi connectivity index (χ0n) is 11.3. The molecule has 106 valence electrons. The van der Waals surface area contributed by atoms with E-state index in [2.05, 4.69) is 16.2 Å². The lowest BCUT2D eigenvalue weighted by atomic mass is 9.97. The number of benzene rings is 1. The number of ether oxygens (including phenoxy) is 2. The maximum absolute atomic E-state index is 5.88. The number of nitrogens with zero attached hydrogens (tertiary/aromatic N) is 2. The first kappa shape index (κ1) is 13.1. The third-order valence-electron chi connectivity index (χ3n) is 3.36. The van der Waals surface area contributed by atoms with Gasteiger partial charge in [-0.25, -0.2) is 0 Å². The number of nitrogens with two attached hydrogens (primary N) is 1. The summed E-state index contributed by atoms with van der Waals surface area (Å²) in [5.41, 5.74) is 7.04. The summed E-state index contributed by atoms with van der Waals surface area (Å²) in [4.78, 5) is 4.36. The van der Waals surface area contributed by atoms with Gasteiger partial charge in [-0.05, 0) is 18.1 Å². The largest absolute Gasteiger partial charge is 0.492 e. The van der Waals surface area contributed by atoms with Gasteiger partial charge in [-0.2, -0.15) is 4.98 Å². The highest BCUT2D eigenvalue weighted by Gasteiger charge is 2.26. The molecule has 2 unspecified atom stereocenters.